The summed E-state index contributed by atoms with van der Waals surface area (Å²) >= 11 is 0. The molecular formula is C22H38. The van der Waals surface area contributed by atoms with Gasteiger partial charge in [-0.2, -0.15) is 0 Å². The lowest BCUT2D eigenvalue weighted by molar-refractivity contribution is 0.153. The highest BCUT2D eigenvalue weighted by atomic mass is 14.4. The molecule has 22 heavy (non-hydrogen) atoms. The third-order valence-corrected chi connectivity index (χ3v) is 7.13. The largest absolute Gasteiger partial charge is 0.0999 e. The van der Waals surface area contributed by atoms with Gasteiger partial charge in [0.25, 0.3) is 0 Å². The lowest BCUT2D eigenvalue weighted by Crippen LogP contribution is -2.25. The Hall–Kier alpha value is -0.260. The van der Waals surface area contributed by atoms with E-state index in [0.717, 1.165) is 23.7 Å². The van der Waals surface area contributed by atoms with Crippen molar-refractivity contribution in [3.8, 4) is 0 Å². The second-order valence-electron chi connectivity index (χ2n) is 8.83. The van der Waals surface area contributed by atoms with E-state index in [0.29, 0.717) is 0 Å². The first-order valence-electron chi connectivity index (χ1n) is 10.5. The van der Waals surface area contributed by atoms with Gasteiger partial charge in [0.1, 0.15) is 0 Å². The zero-order chi connectivity index (χ0) is 15.2. The Kier molecular flexibility index (Phi) is 6.45. The Bertz CT molecular complexity index is 320. The highest BCUT2D eigenvalue weighted by molar-refractivity contribution is 4.98. The standard InChI is InChI=1S/C22H38/c1-18-12-14-20(15-13-18)17-22(21-10-6-3-7-11-21)16-19-8-4-2-5-9-19/h19-22H,1-17H2. The van der Waals surface area contributed by atoms with E-state index in [9.17, 15) is 0 Å². The van der Waals surface area contributed by atoms with Gasteiger partial charge in [-0.05, 0) is 62.2 Å². The van der Waals surface area contributed by atoms with Crippen LogP contribution in [-0.4, -0.2) is 0 Å². The Morgan fingerprint density at radius 2 is 1.18 bits per heavy atom. The van der Waals surface area contributed by atoms with Crippen molar-refractivity contribution in [1.82, 2.24) is 0 Å². The molecule has 0 heterocycles. The van der Waals surface area contributed by atoms with Crippen LogP contribution in [0.5, 0.6) is 0 Å². The van der Waals surface area contributed by atoms with Gasteiger partial charge in [-0.3, -0.25) is 0 Å². The molecule has 0 bridgehead atoms. The zero-order valence-electron chi connectivity index (χ0n) is 14.8. The molecule has 3 aliphatic rings. The Labute approximate surface area is 139 Å². The second-order valence-corrected chi connectivity index (χ2v) is 8.83. The number of hydrogen-bond acceptors (Lipinski definition) is 0. The molecule has 126 valence electrons. The predicted octanol–water partition coefficient (Wildman–Crippen LogP) is 7.29. The lowest BCUT2D eigenvalue weighted by atomic mass is 9.69. The topological polar surface area (TPSA) is 0 Å². The highest BCUT2D eigenvalue weighted by Crippen LogP contribution is 2.42. The first kappa shape index (κ1) is 16.6. The van der Waals surface area contributed by atoms with Crippen LogP contribution < -0.4 is 0 Å². The van der Waals surface area contributed by atoms with Crippen molar-refractivity contribution in [2.75, 3.05) is 0 Å². The van der Waals surface area contributed by atoms with E-state index < -0.39 is 0 Å². The van der Waals surface area contributed by atoms with E-state index in [1.165, 1.54) is 69.8 Å². The predicted molar refractivity (Wildman–Crippen MR) is 97.0 cm³/mol. The van der Waals surface area contributed by atoms with E-state index in [4.69, 9.17) is 0 Å². The number of allylic oxidation sites excluding steroid dienone is 1. The van der Waals surface area contributed by atoms with Gasteiger partial charge < -0.3 is 0 Å². The SMILES string of the molecule is C=C1CCC(CC(CC2CCCCC2)C2CCCCC2)CC1. The van der Waals surface area contributed by atoms with Gasteiger partial charge >= 0.3 is 0 Å². The average Bonchev–Trinajstić information content (AvgIpc) is 2.58. The van der Waals surface area contributed by atoms with Crippen molar-refractivity contribution in [3.05, 3.63) is 12.2 Å². The van der Waals surface area contributed by atoms with Crippen LogP contribution in [0.2, 0.25) is 0 Å². The molecule has 3 aliphatic carbocycles. The van der Waals surface area contributed by atoms with Crippen molar-refractivity contribution in [2.45, 2.75) is 103 Å². The molecule has 0 saturated heterocycles. The maximum atomic E-state index is 4.21. The second kappa shape index (κ2) is 8.55. The van der Waals surface area contributed by atoms with Crippen LogP contribution in [0.25, 0.3) is 0 Å². The summed E-state index contributed by atoms with van der Waals surface area (Å²) in [6.07, 6.45) is 24.0. The molecule has 0 aromatic heterocycles. The van der Waals surface area contributed by atoms with Crippen molar-refractivity contribution >= 4 is 0 Å². The van der Waals surface area contributed by atoms with Crippen LogP contribution in [0.15, 0.2) is 12.2 Å². The smallest absolute Gasteiger partial charge is 0.0320 e. The van der Waals surface area contributed by atoms with Crippen LogP contribution in [0.3, 0.4) is 0 Å². The minimum absolute atomic E-state index is 1.03. The van der Waals surface area contributed by atoms with Crippen LogP contribution in [0.1, 0.15) is 103 Å². The summed E-state index contributed by atoms with van der Waals surface area (Å²) in [5.41, 5.74) is 1.53. The number of rotatable bonds is 5. The minimum Gasteiger partial charge on any atom is -0.0999 e. The maximum absolute atomic E-state index is 4.21. The van der Waals surface area contributed by atoms with Crippen LogP contribution in [-0.2, 0) is 0 Å². The van der Waals surface area contributed by atoms with Crippen LogP contribution in [0, 0.1) is 23.7 Å². The minimum atomic E-state index is 1.03. The van der Waals surface area contributed by atoms with Crippen LogP contribution >= 0.6 is 0 Å². The molecule has 0 amide bonds. The molecular weight excluding hydrogens is 264 g/mol. The first-order valence-corrected chi connectivity index (χ1v) is 10.5. The van der Waals surface area contributed by atoms with E-state index in [2.05, 4.69) is 6.58 Å². The molecule has 0 radical (unpaired) electrons. The fourth-order valence-electron chi connectivity index (χ4n) is 5.69. The normalized spacial score (nSPS) is 27.9. The van der Waals surface area contributed by atoms with Gasteiger partial charge in [-0.15, -0.1) is 0 Å². The quantitative estimate of drug-likeness (QED) is 0.468. The van der Waals surface area contributed by atoms with E-state index in [1.807, 2.05) is 0 Å². The first-order chi connectivity index (χ1) is 10.8. The summed E-state index contributed by atoms with van der Waals surface area (Å²) in [6, 6.07) is 0. The van der Waals surface area contributed by atoms with Gasteiger partial charge in [-0.25, -0.2) is 0 Å². The summed E-state index contributed by atoms with van der Waals surface area (Å²) in [4.78, 5) is 0. The molecule has 3 fully saturated rings. The summed E-state index contributed by atoms with van der Waals surface area (Å²) in [6.45, 7) is 4.21. The van der Waals surface area contributed by atoms with Gasteiger partial charge in [0.05, 0.1) is 0 Å². The van der Waals surface area contributed by atoms with E-state index >= 15 is 0 Å². The summed E-state index contributed by atoms with van der Waals surface area (Å²) < 4.78 is 0. The summed E-state index contributed by atoms with van der Waals surface area (Å²) in [5.74, 6) is 4.26. The van der Waals surface area contributed by atoms with Crippen molar-refractivity contribution in [1.29, 1.82) is 0 Å². The lowest BCUT2D eigenvalue weighted by Gasteiger charge is -2.37. The Morgan fingerprint density at radius 3 is 1.77 bits per heavy atom. The molecule has 1 atom stereocenters. The van der Waals surface area contributed by atoms with Crippen molar-refractivity contribution in [2.24, 2.45) is 23.7 Å². The molecule has 0 aromatic carbocycles. The molecule has 1 unspecified atom stereocenters. The van der Waals surface area contributed by atoms with Gasteiger partial charge in [0, 0.05) is 0 Å². The molecule has 0 aliphatic heterocycles. The molecule has 0 N–H and O–H groups in total. The highest BCUT2D eigenvalue weighted by Gasteiger charge is 2.29. The molecule has 0 aromatic rings. The average molecular weight is 303 g/mol. The monoisotopic (exact) mass is 302 g/mol. The zero-order valence-corrected chi connectivity index (χ0v) is 14.8. The summed E-state index contributed by atoms with van der Waals surface area (Å²) in [7, 11) is 0. The van der Waals surface area contributed by atoms with Crippen molar-refractivity contribution < 1.29 is 0 Å². The molecule has 3 saturated carbocycles. The fourth-order valence-corrected chi connectivity index (χ4v) is 5.69. The molecule has 0 heteroatoms. The Morgan fingerprint density at radius 1 is 0.682 bits per heavy atom. The van der Waals surface area contributed by atoms with E-state index in [1.54, 1.807) is 38.5 Å². The molecule has 3 rings (SSSR count). The fraction of sp³-hybridized carbons (Fsp3) is 0.909. The van der Waals surface area contributed by atoms with E-state index in [-0.39, 0.29) is 0 Å². The molecule has 0 nitrogen and oxygen atoms in total. The van der Waals surface area contributed by atoms with Crippen molar-refractivity contribution in [3.63, 3.8) is 0 Å². The maximum Gasteiger partial charge on any atom is -0.0320 e. The third-order valence-electron chi connectivity index (χ3n) is 7.13. The summed E-state index contributed by atoms with van der Waals surface area (Å²) in [5, 5.41) is 0. The van der Waals surface area contributed by atoms with Gasteiger partial charge in [0.15, 0.2) is 0 Å². The number of hydrogen-bond donors (Lipinski definition) is 0. The molecule has 0 spiro atoms. The third kappa shape index (κ3) is 4.87. The van der Waals surface area contributed by atoms with Gasteiger partial charge in [0.2, 0.25) is 0 Å². The van der Waals surface area contributed by atoms with Crippen LogP contribution in [0.4, 0.5) is 0 Å². The Balaban J connectivity index is 1.55. The van der Waals surface area contributed by atoms with Gasteiger partial charge in [-0.1, -0.05) is 76.4 Å².